The van der Waals surface area contributed by atoms with Gasteiger partial charge in [0, 0.05) is 11.6 Å². The van der Waals surface area contributed by atoms with Gasteiger partial charge < -0.3 is 34.3 Å². The first-order valence-electron chi connectivity index (χ1n) is 17.2. The number of phenols is 1. The third-order valence-corrected chi connectivity index (χ3v) is 11.0. The number of aromatic hydroxyl groups is 1. The van der Waals surface area contributed by atoms with E-state index in [-0.39, 0.29) is 67.1 Å². The number of halogens is 2. The summed E-state index contributed by atoms with van der Waals surface area (Å²) in [4.78, 5) is 65.0. The molecule has 292 valence electrons. The number of phenolic OH excluding ortho intramolecular Hbond substituents is 1. The molecule has 0 aliphatic heterocycles. The SMILES string of the molecule is CCc1c(C)c(C(=O)O)c(C)c(C)c1OC(=O)c1c(C)c(F)c(OC(=O)c2c(C)c(C)c(OC(=O)[C@@]3(O)C(C)=CC(=O)C=C3OC)c(Br)c2O)c(C)c1CC. The quantitative estimate of drug-likeness (QED) is 0.136. The molecule has 0 saturated heterocycles. The van der Waals surface area contributed by atoms with Gasteiger partial charge in [-0.25, -0.2) is 23.6 Å². The van der Waals surface area contributed by atoms with Gasteiger partial charge in [0.15, 0.2) is 23.1 Å². The maximum atomic E-state index is 16.3. The average Bonchev–Trinajstić information content (AvgIpc) is 3.12. The zero-order chi connectivity index (χ0) is 41.6. The van der Waals surface area contributed by atoms with Gasteiger partial charge in [0.05, 0.1) is 18.2 Å². The van der Waals surface area contributed by atoms with E-state index in [4.69, 9.17) is 18.9 Å². The molecule has 0 aromatic heterocycles. The number of esters is 3. The maximum absolute atomic E-state index is 16.3. The number of allylic oxidation sites excluding steroid dienone is 2. The lowest BCUT2D eigenvalue weighted by molar-refractivity contribution is -0.151. The number of carbonyl (C=O) groups excluding carboxylic acids is 4. The van der Waals surface area contributed by atoms with E-state index in [1.54, 1.807) is 34.6 Å². The Morgan fingerprint density at radius 1 is 0.709 bits per heavy atom. The Morgan fingerprint density at radius 2 is 1.24 bits per heavy atom. The minimum Gasteiger partial charge on any atom is -0.506 e. The second kappa shape index (κ2) is 15.8. The molecular weight excluding hydrogens is 783 g/mol. The molecular formula is C41H42BrFO12. The normalized spacial score (nSPS) is 15.3. The van der Waals surface area contributed by atoms with Crippen molar-refractivity contribution in [1.82, 2.24) is 0 Å². The van der Waals surface area contributed by atoms with Gasteiger partial charge in [-0.2, -0.15) is 0 Å². The van der Waals surface area contributed by atoms with Crippen LogP contribution in [-0.4, -0.2) is 57.7 Å². The summed E-state index contributed by atoms with van der Waals surface area (Å²) in [5, 5.41) is 32.3. The standard InChI is InChI=1S/C41H42BrFO12/c1-12-25-22(9)36(32(43)23(10)29(25)38(48)53-34-19(6)17(4)28(37(46)47)21(8)26(34)13-2)54-39(49)30-18(5)20(7)35(31(42)33(30)45)55-40(50)41(51)16(3)14-24(44)15-27(41)52-11/h14-15,45,51H,12-13H2,1-11H3,(H,46,47)/t41-/m1/s1. The lowest BCUT2D eigenvalue weighted by atomic mass is 9.87. The molecule has 3 aromatic rings. The minimum absolute atomic E-state index is 0.0735. The Kier molecular flexibility index (Phi) is 12.2. The van der Waals surface area contributed by atoms with Crippen LogP contribution >= 0.6 is 15.9 Å². The number of methoxy groups -OCH3 is 1. The fourth-order valence-electron chi connectivity index (χ4n) is 6.90. The van der Waals surface area contributed by atoms with Crippen molar-refractivity contribution < 1.29 is 62.6 Å². The number of carboxylic acid groups (broad SMARTS) is 1. The number of carboxylic acids is 1. The number of carbonyl (C=O) groups is 5. The molecule has 55 heavy (non-hydrogen) atoms. The third-order valence-electron chi connectivity index (χ3n) is 10.3. The largest absolute Gasteiger partial charge is 0.506 e. The van der Waals surface area contributed by atoms with Crippen molar-refractivity contribution >= 4 is 45.6 Å². The van der Waals surface area contributed by atoms with Crippen molar-refractivity contribution in [1.29, 1.82) is 0 Å². The van der Waals surface area contributed by atoms with Crippen molar-refractivity contribution in [3.8, 4) is 23.0 Å². The number of aliphatic hydroxyl groups is 1. The molecule has 1 atom stereocenters. The molecule has 14 heteroatoms. The van der Waals surface area contributed by atoms with Gasteiger partial charge >= 0.3 is 23.9 Å². The van der Waals surface area contributed by atoms with Crippen LogP contribution in [0.5, 0.6) is 23.0 Å². The summed E-state index contributed by atoms with van der Waals surface area (Å²) in [6.45, 7) is 15.5. The summed E-state index contributed by atoms with van der Waals surface area (Å²) >= 11 is 3.16. The molecule has 1 aliphatic carbocycles. The second-order valence-electron chi connectivity index (χ2n) is 13.3. The highest BCUT2D eigenvalue weighted by Crippen LogP contribution is 2.45. The van der Waals surface area contributed by atoms with Crippen LogP contribution in [0.2, 0.25) is 0 Å². The van der Waals surface area contributed by atoms with Gasteiger partial charge in [-0.1, -0.05) is 13.8 Å². The first-order chi connectivity index (χ1) is 25.6. The van der Waals surface area contributed by atoms with E-state index >= 15 is 4.39 Å². The number of benzene rings is 3. The van der Waals surface area contributed by atoms with Gasteiger partial charge in [-0.05, 0) is 140 Å². The smallest absolute Gasteiger partial charge is 0.356 e. The van der Waals surface area contributed by atoms with E-state index < -0.39 is 58.1 Å². The molecule has 0 unspecified atom stereocenters. The Labute approximate surface area is 325 Å². The Hall–Kier alpha value is -5.34. The van der Waals surface area contributed by atoms with Crippen LogP contribution in [0.25, 0.3) is 0 Å². The summed E-state index contributed by atoms with van der Waals surface area (Å²) < 4.78 is 38.1. The van der Waals surface area contributed by atoms with Crippen LogP contribution in [0.3, 0.4) is 0 Å². The number of rotatable bonds is 10. The molecule has 3 N–H and O–H groups in total. The topological polar surface area (TPSA) is 183 Å². The zero-order valence-electron chi connectivity index (χ0n) is 32.3. The predicted molar refractivity (Wildman–Crippen MR) is 202 cm³/mol. The molecule has 0 saturated carbocycles. The molecule has 12 nitrogen and oxygen atoms in total. The van der Waals surface area contributed by atoms with Gasteiger partial charge in [-0.15, -0.1) is 0 Å². The molecule has 3 aromatic carbocycles. The third kappa shape index (κ3) is 7.04. The predicted octanol–water partition coefficient (Wildman–Crippen LogP) is 7.41. The molecule has 0 fully saturated rings. The highest BCUT2D eigenvalue weighted by molar-refractivity contribution is 9.10. The van der Waals surface area contributed by atoms with Crippen molar-refractivity contribution in [3.63, 3.8) is 0 Å². The average molecular weight is 826 g/mol. The Bertz CT molecular complexity index is 2250. The summed E-state index contributed by atoms with van der Waals surface area (Å²) in [5.74, 6) is -7.62. The second-order valence-corrected chi connectivity index (χ2v) is 14.0. The highest BCUT2D eigenvalue weighted by Gasteiger charge is 2.48. The van der Waals surface area contributed by atoms with Crippen LogP contribution in [0.1, 0.15) is 102 Å². The number of ether oxygens (including phenoxy) is 4. The van der Waals surface area contributed by atoms with Crippen LogP contribution in [0.4, 0.5) is 4.39 Å². The van der Waals surface area contributed by atoms with Crippen molar-refractivity contribution in [3.05, 3.63) is 101 Å². The lowest BCUT2D eigenvalue weighted by Gasteiger charge is -2.30. The molecule has 0 spiro atoms. The van der Waals surface area contributed by atoms with Crippen molar-refractivity contribution in [2.45, 2.75) is 87.7 Å². The van der Waals surface area contributed by atoms with E-state index in [0.717, 1.165) is 19.3 Å². The minimum atomic E-state index is -2.47. The molecule has 4 rings (SSSR count). The van der Waals surface area contributed by atoms with Crippen molar-refractivity contribution in [2.75, 3.05) is 7.11 Å². The van der Waals surface area contributed by atoms with Crippen molar-refractivity contribution in [2.24, 2.45) is 0 Å². The Balaban J connectivity index is 1.74. The fourth-order valence-corrected chi connectivity index (χ4v) is 7.48. The van der Waals surface area contributed by atoms with E-state index in [1.807, 2.05) is 0 Å². The lowest BCUT2D eigenvalue weighted by Crippen LogP contribution is -2.47. The molecule has 0 bridgehead atoms. The van der Waals surface area contributed by atoms with Gasteiger partial charge in [0.1, 0.15) is 27.3 Å². The van der Waals surface area contributed by atoms with E-state index in [2.05, 4.69) is 15.9 Å². The maximum Gasteiger partial charge on any atom is 0.356 e. The molecule has 0 radical (unpaired) electrons. The number of hydrogen-bond acceptors (Lipinski definition) is 11. The molecule has 0 heterocycles. The van der Waals surface area contributed by atoms with E-state index in [0.29, 0.717) is 34.2 Å². The first kappa shape index (κ1) is 42.4. The van der Waals surface area contributed by atoms with E-state index in [9.17, 15) is 39.3 Å². The molecule has 0 amide bonds. The highest BCUT2D eigenvalue weighted by atomic mass is 79.9. The Morgan fingerprint density at radius 3 is 1.78 bits per heavy atom. The van der Waals surface area contributed by atoms with Crippen LogP contribution in [0, 0.1) is 54.3 Å². The van der Waals surface area contributed by atoms with Crippen LogP contribution in [0.15, 0.2) is 28.0 Å². The van der Waals surface area contributed by atoms with E-state index in [1.165, 1.54) is 34.6 Å². The summed E-state index contributed by atoms with van der Waals surface area (Å²) in [7, 11) is 1.16. The number of aromatic carboxylic acids is 1. The van der Waals surface area contributed by atoms with Gasteiger partial charge in [0.25, 0.3) is 0 Å². The fraction of sp³-hybridized carbons (Fsp3) is 0.341. The zero-order valence-corrected chi connectivity index (χ0v) is 33.9. The number of ketones is 1. The molecule has 1 aliphatic rings. The van der Waals surface area contributed by atoms with Crippen LogP contribution in [-0.2, 0) is 27.2 Å². The summed E-state index contributed by atoms with van der Waals surface area (Å²) in [6, 6.07) is 0. The first-order valence-corrected chi connectivity index (χ1v) is 18.0. The van der Waals surface area contributed by atoms with Crippen LogP contribution < -0.4 is 14.2 Å². The van der Waals surface area contributed by atoms with Gasteiger partial charge in [-0.3, -0.25) is 4.79 Å². The summed E-state index contributed by atoms with van der Waals surface area (Å²) in [6.07, 6.45) is 2.53. The number of hydrogen-bond donors (Lipinski definition) is 3. The van der Waals surface area contributed by atoms with Gasteiger partial charge in [0.2, 0.25) is 5.60 Å². The monoisotopic (exact) mass is 824 g/mol. The summed E-state index contributed by atoms with van der Waals surface area (Å²) in [5.41, 5.74) is -0.521.